The fourth-order valence-corrected chi connectivity index (χ4v) is 2.37. The summed E-state index contributed by atoms with van der Waals surface area (Å²) in [5, 5.41) is 17.2. The lowest BCUT2D eigenvalue weighted by Gasteiger charge is -2.18. The summed E-state index contributed by atoms with van der Waals surface area (Å²) in [6.07, 6.45) is 1.46. The van der Waals surface area contributed by atoms with Crippen LogP contribution in [0.25, 0.3) is 0 Å². The first-order valence-electron chi connectivity index (χ1n) is 6.30. The van der Waals surface area contributed by atoms with E-state index >= 15 is 0 Å². The summed E-state index contributed by atoms with van der Waals surface area (Å²) in [6.45, 7) is 1.70. The molecule has 1 atom stereocenters. The van der Waals surface area contributed by atoms with E-state index in [0.717, 1.165) is 6.07 Å². The molecule has 0 aliphatic heterocycles. The molecule has 0 aliphatic carbocycles. The molecule has 1 amide bonds. The number of carbonyl (C=O) groups excluding carboxylic acids is 1. The number of nitrogens with zero attached hydrogens (tertiary/aromatic N) is 2. The summed E-state index contributed by atoms with van der Waals surface area (Å²) in [4.78, 5) is 11.4. The van der Waals surface area contributed by atoms with E-state index in [-0.39, 0.29) is 21.6 Å². The number of aromatic nitrogens is 1. The largest absolute Gasteiger partial charge is 0.365 e. The molecule has 0 fully saturated rings. The van der Waals surface area contributed by atoms with E-state index in [9.17, 15) is 9.18 Å². The van der Waals surface area contributed by atoms with Crippen molar-refractivity contribution in [3.8, 4) is 6.07 Å². The summed E-state index contributed by atoms with van der Waals surface area (Å²) in [7, 11) is 0. The average molecular weight is 319 g/mol. The lowest BCUT2D eigenvalue weighted by molar-refractivity contribution is 0.0997. The first-order chi connectivity index (χ1) is 10.3. The van der Waals surface area contributed by atoms with Gasteiger partial charge in [0.05, 0.1) is 28.3 Å². The zero-order valence-corrected chi connectivity index (χ0v) is 12.4. The van der Waals surface area contributed by atoms with Gasteiger partial charge in [0.15, 0.2) is 0 Å². The Morgan fingerprint density at radius 2 is 2.14 bits per heavy atom. The molecule has 0 bridgehead atoms. The van der Waals surface area contributed by atoms with Gasteiger partial charge in [0.25, 0.3) is 5.91 Å². The molecule has 1 unspecified atom stereocenters. The van der Waals surface area contributed by atoms with E-state index in [4.69, 9.17) is 28.0 Å². The van der Waals surface area contributed by atoms with Crippen molar-refractivity contribution >= 4 is 17.5 Å². The predicted molar refractivity (Wildman–Crippen MR) is 78.7 cm³/mol. The maximum absolute atomic E-state index is 13.6. The van der Waals surface area contributed by atoms with Gasteiger partial charge < -0.3 is 10.3 Å². The van der Waals surface area contributed by atoms with Gasteiger partial charge in [-0.1, -0.05) is 11.6 Å². The Bertz CT molecular complexity index is 854. The Morgan fingerprint density at radius 1 is 1.45 bits per heavy atom. The van der Waals surface area contributed by atoms with Crippen molar-refractivity contribution in [2.45, 2.75) is 13.0 Å². The number of carbonyl (C=O) groups is 1. The van der Waals surface area contributed by atoms with Crippen LogP contribution in [0.1, 0.15) is 34.5 Å². The van der Waals surface area contributed by atoms with Crippen LogP contribution in [-0.4, -0.2) is 10.5 Å². The van der Waals surface area contributed by atoms with Crippen molar-refractivity contribution in [1.29, 1.82) is 10.7 Å². The number of nitrogens with one attached hydrogen (secondary N) is 1. The highest BCUT2D eigenvalue weighted by Gasteiger charge is 2.15. The minimum Gasteiger partial charge on any atom is -0.365 e. The number of benzene rings is 1. The molecule has 2 aromatic rings. The first kappa shape index (κ1) is 15.7. The Labute approximate surface area is 130 Å². The molecular formula is C15H12ClFN4O. The van der Waals surface area contributed by atoms with Crippen LogP contribution in [0.3, 0.4) is 0 Å². The third-order valence-electron chi connectivity index (χ3n) is 3.27. The van der Waals surface area contributed by atoms with Crippen LogP contribution in [-0.2, 0) is 0 Å². The summed E-state index contributed by atoms with van der Waals surface area (Å²) in [5.74, 6) is -1.32. The van der Waals surface area contributed by atoms with Crippen LogP contribution in [0.4, 0.5) is 4.39 Å². The standard InChI is InChI=1S/C15H12ClFN4O/c1-8(10-2-9(6-18)3-12(17)4-10)21-7-11(16)5-13(14(21)19)15(20)22/h2-5,7-8,19H,1H3,(H2,20,22). The van der Waals surface area contributed by atoms with E-state index in [2.05, 4.69) is 0 Å². The summed E-state index contributed by atoms with van der Waals surface area (Å²) in [5.41, 5.74) is 5.72. The third kappa shape index (κ3) is 3.00. The number of hydrogen-bond donors (Lipinski definition) is 2. The Balaban J connectivity index is 2.62. The minimum atomic E-state index is -0.773. The minimum absolute atomic E-state index is 0.0312. The molecule has 22 heavy (non-hydrogen) atoms. The van der Waals surface area contributed by atoms with Gasteiger partial charge in [0.2, 0.25) is 0 Å². The fourth-order valence-electron chi connectivity index (χ4n) is 2.15. The topological polar surface area (TPSA) is 95.7 Å². The monoisotopic (exact) mass is 318 g/mol. The SMILES string of the molecule is CC(c1cc(F)cc(C#N)c1)n1cc(Cl)cc(C(N)=O)c1=N. The lowest BCUT2D eigenvalue weighted by Crippen LogP contribution is -2.31. The van der Waals surface area contributed by atoms with Crippen LogP contribution in [0.15, 0.2) is 30.5 Å². The molecule has 0 aliphatic rings. The van der Waals surface area contributed by atoms with Gasteiger partial charge in [-0.25, -0.2) is 4.39 Å². The Morgan fingerprint density at radius 3 is 2.73 bits per heavy atom. The zero-order chi connectivity index (χ0) is 16.4. The van der Waals surface area contributed by atoms with Crippen LogP contribution < -0.4 is 11.2 Å². The van der Waals surface area contributed by atoms with Gasteiger partial charge in [0, 0.05) is 6.20 Å². The number of pyridine rings is 1. The number of halogens is 2. The molecule has 1 aromatic carbocycles. The molecule has 5 nitrogen and oxygen atoms in total. The second-order valence-electron chi connectivity index (χ2n) is 4.75. The Hall–Kier alpha value is -2.65. The molecule has 2 rings (SSSR count). The van der Waals surface area contributed by atoms with Gasteiger partial charge in [-0.2, -0.15) is 5.26 Å². The van der Waals surface area contributed by atoms with Gasteiger partial charge in [-0.3, -0.25) is 10.2 Å². The molecule has 112 valence electrons. The number of nitriles is 1. The second kappa shape index (κ2) is 6.00. The lowest BCUT2D eigenvalue weighted by atomic mass is 10.0. The van der Waals surface area contributed by atoms with Gasteiger partial charge in [-0.05, 0) is 36.8 Å². The first-order valence-corrected chi connectivity index (χ1v) is 6.68. The van der Waals surface area contributed by atoms with E-state index in [1.54, 1.807) is 6.92 Å². The normalized spacial score (nSPS) is 11.7. The molecule has 0 saturated carbocycles. The molecule has 1 aromatic heterocycles. The number of primary amides is 1. The Kier molecular flexibility index (Phi) is 4.29. The molecule has 7 heteroatoms. The van der Waals surface area contributed by atoms with Gasteiger partial charge in [-0.15, -0.1) is 0 Å². The number of amides is 1. The van der Waals surface area contributed by atoms with E-state index in [1.165, 1.54) is 29.0 Å². The molecule has 0 saturated heterocycles. The van der Waals surface area contributed by atoms with Crippen molar-refractivity contribution in [2.24, 2.45) is 5.73 Å². The summed E-state index contributed by atoms with van der Waals surface area (Å²) in [6, 6.07) is 6.58. The maximum Gasteiger partial charge on any atom is 0.252 e. The maximum atomic E-state index is 13.6. The van der Waals surface area contributed by atoms with E-state index < -0.39 is 17.8 Å². The second-order valence-corrected chi connectivity index (χ2v) is 5.19. The summed E-state index contributed by atoms with van der Waals surface area (Å²) < 4.78 is 15.0. The molecular weight excluding hydrogens is 307 g/mol. The van der Waals surface area contributed by atoms with Crippen molar-refractivity contribution in [3.63, 3.8) is 0 Å². The van der Waals surface area contributed by atoms with E-state index in [0.29, 0.717) is 5.56 Å². The number of rotatable bonds is 3. The van der Waals surface area contributed by atoms with Crippen molar-refractivity contribution < 1.29 is 9.18 Å². The quantitative estimate of drug-likeness (QED) is 0.908. The zero-order valence-electron chi connectivity index (χ0n) is 11.6. The number of nitrogens with two attached hydrogens (primary N) is 1. The van der Waals surface area contributed by atoms with Crippen LogP contribution in [0, 0.1) is 22.6 Å². The van der Waals surface area contributed by atoms with Crippen molar-refractivity contribution in [3.05, 3.63) is 63.5 Å². The highest BCUT2D eigenvalue weighted by Crippen LogP contribution is 2.21. The third-order valence-corrected chi connectivity index (χ3v) is 3.48. The van der Waals surface area contributed by atoms with Crippen LogP contribution in [0.2, 0.25) is 5.02 Å². The molecule has 1 heterocycles. The molecule has 0 spiro atoms. The smallest absolute Gasteiger partial charge is 0.252 e. The van der Waals surface area contributed by atoms with E-state index in [1.807, 2.05) is 6.07 Å². The predicted octanol–water partition coefficient (Wildman–Crippen LogP) is 2.34. The molecule has 3 N–H and O–H groups in total. The van der Waals surface area contributed by atoms with Gasteiger partial charge in [0.1, 0.15) is 11.3 Å². The van der Waals surface area contributed by atoms with Crippen LogP contribution >= 0.6 is 11.6 Å². The number of hydrogen-bond acceptors (Lipinski definition) is 3. The van der Waals surface area contributed by atoms with Crippen molar-refractivity contribution in [2.75, 3.05) is 0 Å². The van der Waals surface area contributed by atoms with Gasteiger partial charge >= 0.3 is 0 Å². The summed E-state index contributed by atoms with van der Waals surface area (Å²) >= 11 is 5.95. The van der Waals surface area contributed by atoms with Crippen LogP contribution in [0.5, 0.6) is 0 Å². The molecule has 0 radical (unpaired) electrons. The fraction of sp³-hybridized carbons (Fsp3) is 0.133. The van der Waals surface area contributed by atoms with Crippen molar-refractivity contribution in [1.82, 2.24) is 4.57 Å². The highest BCUT2D eigenvalue weighted by molar-refractivity contribution is 6.30. The highest BCUT2D eigenvalue weighted by atomic mass is 35.5. The average Bonchev–Trinajstić information content (AvgIpc) is 2.47.